The number of methoxy groups -OCH3 is 1. The van der Waals surface area contributed by atoms with Crippen molar-refractivity contribution in [3.8, 4) is 0 Å². The Hall–Kier alpha value is -1.87. The van der Waals surface area contributed by atoms with E-state index in [0.29, 0.717) is 16.5 Å². The first-order chi connectivity index (χ1) is 13.8. The maximum Gasteiger partial charge on any atom is 0.341 e. The summed E-state index contributed by atoms with van der Waals surface area (Å²) in [6.45, 7) is 9.16. The van der Waals surface area contributed by atoms with Gasteiger partial charge in [0.1, 0.15) is 10.8 Å². The number of ether oxygens (including phenoxy) is 1. The molecule has 3 rings (SSSR count). The number of aromatic nitrogens is 3. The molecule has 0 saturated heterocycles. The summed E-state index contributed by atoms with van der Waals surface area (Å²) in [4.78, 5) is 26.2. The van der Waals surface area contributed by atoms with Crippen molar-refractivity contribution in [2.45, 2.75) is 64.6 Å². The molecule has 29 heavy (non-hydrogen) atoms. The summed E-state index contributed by atoms with van der Waals surface area (Å²) < 4.78 is 7.02. The third-order valence-corrected chi connectivity index (χ3v) is 7.20. The lowest BCUT2D eigenvalue weighted by Gasteiger charge is -2.18. The molecule has 0 aromatic carbocycles. The molecule has 2 heterocycles. The van der Waals surface area contributed by atoms with Crippen molar-refractivity contribution >= 4 is 40.0 Å². The molecule has 1 atom stereocenters. The van der Waals surface area contributed by atoms with Crippen molar-refractivity contribution in [1.82, 2.24) is 14.8 Å². The predicted octanol–water partition coefficient (Wildman–Crippen LogP) is 4.13. The van der Waals surface area contributed by atoms with Crippen LogP contribution in [-0.2, 0) is 28.9 Å². The van der Waals surface area contributed by atoms with Gasteiger partial charge in [0.25, 0.3) is 0 Å². The third kappa shape index (κ3) is 4.66. The highest BCUT2D eigenvalue weighted by Crippen LogP contribution is 2.40. The van der Waals surface area contributed by atoms with Crippen molar-refractivity contribution in [3.63, 3.8) is 0 Å². The van der Waals surface area contributed by atoms with Crippen LogP contribution in [0.1, 0.15) is 66.7 Å². The summed E-state index contributed by atoms with van der Waals surface area (Å²) >= 11 is 2.86. The van der Waals surface area contributed by atoms with Crippen LogP contribution in [0.5, 0.6) is 0 Å². The van der Waals surface area contributed by atoms with E-state index in [9.17, 15) is 9.59 Å². The Kier molecular flexibility index (Phi) is 7.00. The molecule has 1 amide bonds. The van der Waals surface area contributed by atoms with Gasteiger partial charge in [-0.15, -0.1) is 21.5 Å². The van der Waals surface area contributed by atoms with Crippen molar-refractivity contribution < 1.29 is 14.3 Å². The van der Waals surface area contributed by atoms with E-state index in [2.05, 4.69) is 36.3 Å². The molecule has 9 heteroatoms. The van der Waals surface area contributed by atoms with Crippen LogP contribution in [0.2, 0.25) is 0 Å². The number of thiophene rings is 1. The molecule has 0 fully saturated rings. The maximum atomic E-state index is 12.6. The number of rotatable bonds is 7. The van der Waals surface area contributed by atoms with Crippen LogP contribution in [-0.4, -0.2) is 39.5 Å². The zero-order valence-corrected chi connectivity index (χ0v) is 19.2. The largest absolute Gasteiger partial charge is 0.465 e. The van der Waals surface area contributed by atoms with E-state index in [-0.39, 0.29) is 23.5 Å². The Bertz CT molecular complexity index is 904. The van der Waals surface area contributed by atoms with E-state index < -0.39 is 0 Å². The van der Waals surface area contributed by atoms with Gasteiger partial charge in [-0.05, 0) is 37.7 Å². The minimum absolute atomic E-state index is 0.163. The molecular weight excluding hydrogens is 408 g/mol. The Morgan fingerprint density at radius 3 is 2.79 bits per heavy atom. The van der Waals surface area contributed by atoms with E-state index in [0.717, 1.165) is 42.4 Å². The fourth-order valence-corrected chi connectivity index (χ4v) is 5.81. The SMILES string of the molecule is CCn1c(SCC(=O)Nc2sc3c(c2C(=O)OC)CCC(C)C3)nnc1C(C)C. The van der Waals surface area contributed by atoms with Gasteiger partial charge in [-0.1, -0.05) is 32.5 Å². The highest BCUT2D eigenvalue weighted by atomic mass is 32.2. The first-order valence-corrected chi connectivity index (χ1v) is 11.7. The summed E-state index contributed by atoms with van der Waals surface area (Å²) in [5, 5.41) is 12.8. The van der Waals surface area contributed by atoms with Gasteiger partial charge >= 0.3 is 5.97 Å². The number of anilines is 1. The van der Waals surface area contributed by atoms with Crippen molar-refractivity contribution in [2.75, 3.05) is 18.2 Å². The van der Waals surface area contributed by atoms with Crippen LogP contribution < -0.4 is 5.32 Å². The summed E-state index contributed by atoms with van der Waals surface area (Å²) in [6, 6.07) is 0. The zero-order valence-electron chi connectivity index (χ0n) is 17.6. The van der Waals surface area contributed by atoms with Gasteiger partial charge in [-0.2, -0.15) is 0 Å². The van der Waals surface area contributed by atoms with Crippen molar-refractivity contribution in [2.24, 2.45) is 5.92 Å². The van der Waals surface area contributed by atoms with Crippen LogP contribution in [0.4, 0.5) is 5.00 Å². The summed E-state index contributed by atoms with van der Waals surface area (Å²) in [5.74, 6) is 1.43. The van der Waals surface area contributed by atoms with Gasteiger partial charge in [0, 0.05) is 17.3 Å². The van der Waals surface area contributed by atoms with Gasteiger partial charge < -0.3 is 14.6 Å². The molecule has 7 nitrogen and oxygen atoms in total. The normalized spacial score (nSPS) is 16.0. The molecule has 0 aliphatic heterocycles. The first-order valence-electron chi connectivity index (χ1n) is 9.94. The number of thioether (sulfide) groups is 1. The number of hydrogen-bond acceptors (Lipinski definition) is 7. The molecule has 2 aromatic heterocycles. The van der Waals surface area contributed by atoms with Gasteiger partial charge in [0.15, 0.2) is 5.16 Å². The molecule has 158 valence electrons. The summed E-state index contributed by atoms with van der Waals surface area (Å²) in [6.07, 6.45) is 2.83. The second-order valence-electron chi connectivity index (χ2n) is 7.62. The molecular formula is C20H28N4O3S2. The molecule has 1 aliphatic rings. The number of amides is 1. The second kappa shape index (κ2) is 9.30. The monoisotopic (exact) mass is 436 g/mol. The molecule has 1 aliphatic carbocycles. The van der Waals surface area contributed by atoms with Gasteiger partial charge in [-0.3, -0.25) is 4.79 Å². The Labute approximate surface area is 179 Å². The fourth-order valence-electron chi connectivity index (χ4n) is 3.58. The highest BCUT2D eigenvalue weighted by molar-refractivity contribution is 7.99. The lowest BCUT2D eigenvalue weighted by atomic mass is 9.88. The lowest BCUT2D eigenvalue weighted by Crippen LogP contribution is -2.17. The van der Waals surface area contributed by atoms with Crippen LogP contribution in [0.3, 0.4) is 0 Å². The fraction of sp³-hybridized carbons (Fsp3) is 0.600. The van der Waals surface area contributed by atoms with Gasteiger partial charge in [0.05, 0.1) is 18.4 Å². The first kappa shape index (κ1) is 21.8. The Morgan fingerprint density at radius 2 is 2.14 bits per heavy atom. The van der Waals surface area contributed by atoms with Crippen LogP contribution >= 0.6 is 23.1 Å². The van der Waals surface area contributed by atoms with E-state index in [1.807, 2.05) is 11.5 Å². The average molecular weight is 437 g/mol. The van der Waals surface area contributed by atoms with Crippen molar-refractivity contribution in [3.05, 3.63) is 21.8 Å². The maximum absolute atomic E-state index is 12.6. The number of fused-ring (bicyclic) bond motifs is 1. The smallest absolute Gasteiger partial charge is 0.341 e. The minimum Gasteiger partial charge on any atom is -0.465 e. The lowest BCUT2D eigenvalue weighted by molar-refractivity contribution is -0.113. The molecule has 0 saturated carbocycles. The molecule has 0 radical (unpaired) electrons. The summed E-state index contributed by atoms with van der Waals surface area (Å²) in [5.41, 5.74) is 1.56. The molecule has 1 N–H and O–H groups in total. The Morgan fingerprint density at radius 1 is 1.38 bits per heavy atom. The zero-order chi connectivity index (χ0) is 21.1. The van der Waals surface area contributed by atoms with Crippen LogP contribution in [0.15, 0.2) is 5.16 Å². The van der Waals surface area contributed by atoms with Crippen LogP contribution in [0.25, 0.3) is 0 Å². The van der Waals surface area contributed by atoms with E-state index in [1.165, 1.54) is 35.1 Å². The summed E-state index contributed by atoms with van der Waals surface area (Å²) in [7, 11) is 1.38. The topological polar surface area (TPSA) is 86.1 Å². The number of hydrogen-bond donors (Lipinski definition) is 1. The second-order valence-corrected chi connectivity index (χ2v) is 9.67. The number of nitrogens with one attached hydrogen (secondary N) is 1. The molecule has 0 bridgehead atoms. The van der Waals surface area contributed by atoms with E-state index in [4.69, 9.17) is 4.74 Å². The quantitative estimate of drug-likeness (QED) is 0.519. The van der Waals surface area contributed by atoms with Gasteiger partial charge in [-0.25, -0.2) is 4.79 Å². The average Bonchev–Trinajstić information content (AvgIpc) is 3.25. The Balaban J connectivity index is 1.74. The van der Waals surface area contributed by atoms with Crippen molar-refractivity contribution in [1.29, 1.82) is 0 Å². The van der Waals surface area contributed by atoms with E-state index in [1.54, 1.807) is 0 Å². The van der Waals surface area contributed by atoms with Crippen LogP contribution in [0, 0.1) is 5.92 Å². The standard InChI is InChI=1S/C20H28N4O3S2/c1-6-24-17(11(2)3)22-23-20(24)28-10-15(25)21-18-16(19(26)27-5)13-8-7-12(4)9-14(13)29-18/h11-12H,6-10H2,1-5H3,(H,21,25). The number of nitrogens with zero attached hydrogens (tertiary/aromatic N) is 3. The highest BCUT2D eigenvalue weighted by Gasteiger charge is 2.29. The predicted molar refractivity (Wildman–Crippen MR) is 116 cm³/mol. The third-order valence-electron chi connectivity index (χ3n) is 5.06. The molecule has 2 aromatic rings. The molecule has 0 spiro atoms. The molecule has 1 unspecified atom stereocenters. The number of carbonyl (C=O) groups excluding carboxylic acids is 2. The number of esters is 1. The minimum atomic E-state index is -0.382. The van der Waals surface area contributed by atoms with E-state index >= 15 is 0 Å². The number of carbonyl (C=O) groups is 2. The van der Waals surface area contributed by atoms with Gasteiger partial charge in [0.2, 0.25) is 5.91 Å².